The molecule has 3 rings (SSSR count). The summed E-state index contributed by atoms with van der Waals surface area (Å²) in [5, 5.41) is 5.04. The Morgan fingerprint density at radius 1 is 1.31 bits per heavy atom. The van der Waals surface area contributed by atoms with E-state index in [1.807, 2.05) is 18.7 Å². The molecule has 0 aliphatic carbocycles. The predicted octanol–water partition coefficient (Wildman–Crippen LogP) is 4.60. The van der Waals surface area contributed by atoms with Crippen molar-refractivity contribution < 1.29 is 14.0 Å². The summed E-state index contributed by atoms with van der Waals surface area (Å²) < 4.78 is 13.8. The number of carbonyl (C=O) groups is 2. The molecule has 1 aliphatic rings. The number of hydrogen-bond donors (Lipinski definition) is 1. The van der Waals surface area contributed by atoms with Crippen LogP contribution in [0.3, 0.4) is 0 Å². The second kappa shape index (κ2) is 9.35. The first-order valence-corrected chi connectivity index (χ1v) is 10.8. The summed E-state index contributed by atoms with van der Waals surface area (Å²) in [4.78, 5) is 33.3. The van der Waals surface area contributed by atoms with E-state index in [1.165, 1.54) is 23.5 Å². The van der Waals surface area contributed by atoms with Crippen LogP contribution < -0.4 is 5.32 Å². The number of nitrogens with zero attached hydrogens (tertiary/aromatic N) is 3. The highest BCUT2D eigenvalue weighted by Crippen LogP contribution is 2.21. The number of amides is 3. The zero-order valence-electron chi connectivity index (χ0n) is 17.0. The number of nitrogens with one attached hydrogen (secondary N) is 1. The second-order valence-electron chi connectivity index (χ2n) is 7.73. The van der Waals surface area contributed by atoms with Crippen LogP contribution in [0, 0.1) is 11.7 Å². The molecule has 1 aromatic heterocycles. The summed E-state index contributed by atoms with van der Waals surface area (Å²) in [5.41, 5.74) is 0.565. The molecule has 6 nitrogen and oxygen atoms in total. The molecular formula is C21H27FN4O2S. The van der Waals surface area contributed by atoms with Crippen LogP contribution in [0.15, 0.2) is 29.6 Å². The maximum absolute atomic E-state index is 13.8. The van der Waals surface area contributed by atoms with Gasteiger partial charge in [-0.05, 0) is 44.7 Å². The lowest BCUT2D eigenvalue weighted by Crippen LogP contribution is -2.40. The van der Waals surface area contributed by atoms with E-state index in [0.717, 1.165) is 25.9 Å². The van der Waals surface area contributed by atoms with Crippen LogP contribution in [0.25, 0.3) is 0 Å². The standard InChI is InChI=1S/C21H27FN4O2S/c1-14(2)26(21(28)24-17-7-5-4-6-16(17)22)12-19-23-18(13-29-19)20(27)25-10-8-15(3)9-11-25/h4-7,13-15H,8-12H2,1-3H3,(H,24,28). The zero-order chi connectivity index (χ0) is 21.0. The molecule has 1 aliphatic heterocycles. The summed E-state index contributed by atoms with van der Waals surface area (Å²) in [6.07, 6.45) is 2.03. The molecule has 0 radical (unpaired) electrons. The number of carbonyl (C=O) groups excluding carboxylic acids is 2. The number of anilines is 1. The summed E-state index contributed by atoms with van der Waals surface area (Å²) in [7, 11) is 0. The van der Waals surface area contributed by atoms with Gasteiger partial charge < -0.3 is 15.1 Å². The number of urea groups is 1. The van der Waals surface area contributed by atoms with Gasteiger partial charge in [0.15, 0.2) is 0 Å². The van der Waals surface area contributed by atoms with E-state index in [1.54, 1.807) is 22.4 Å². The van der Waals surface area contributed by atoms with E-state index in [9.17, 15) is 14.0 Å². The number of hydrogen-bond acceptors (Lipinski definition) is 4. The highest BCUT2D eigenvalue weighted by Gasteiger charge is 2.25. The van der Waals surface area contributed by atoms with E-state index in [4.69, 9.17) is 0 Å². The van der Waals surface area contributed by atoms with Crippen molar-refractivity contribution in [3.8, 4) is 0 Å². The molecule has 1 N–H and O–H groups in total. The number of halogens is 1. The predicted molar refractivity (Wildman–Crippen MR) is 113 cm³/mol. The second-order valence-corrected chi connectivity index (χ2v) is 8.68. The normalized spacial score (nSPS) is 14.9. The SMILES string of the molecule is CC1CCN(C(=O)c2csc(CN(C(=O)Nc3ccccc3F)C(C)C)n2)CC1. The Balaban J connectivity index is 1.66. The number of aromatic nitrogens is 1. The maximum atomic E-state index is 13.8. The van der Waals surface area contributed by atoms with Crippen molar-refractivity contribution in [2.75, 3.05) is 18.4 Å². The molecule has 0 unspecified atom stereocenters. The third kappa shape index (κ3) is 5.32. The van der Waals surface area contributed by atoms with Gasteiger partial charge in [-0.1, -0.05) is 19.1 Å². The first-order valence-electron chi connectivity index (χ1n) is 9.91. The van der Waals surface area contributed by atoms with E-state index in [-0.39, 0.29) is 24.2 Å². The number of benzene rings is 1. The fourth-order valence-electron chi connectivity index (χ4n) is 3.24. The molecule has 0 atom stereocenters. The van der Waals surface area contributed by atoms with Crippen LogP contribution in [-0.2, 0) is 6.54 Å². The van der Waals surface area contributed by atoms with Gasteiger partial charge in [-0.3, -0.25) is 4.79 Å². The van der Waals surface area contributed by atoms with E-state index < -0.39 is 11.8 Å². The summed E-state index contributed by atoms with van der Waals surface area (Å²) >= 11 is 1.36. The molecule has 29 heavy (non-hydrogen) atoms. The molecule has 0 saturated carbocycles. The molecule has 1 saturated heterocycles. The largest absolute Gasteiger partial charge is 0.337 e. The first kappa shape index (κ1) is 21.2. The smallest absolute Gasteiger partial charge is 0.322 e. The Bertz CT molecular complexity index is 862. The Labute approximate surface area is 174 Å². The highest BCUT2D eigenvalue weighted by molar-refractivity contribution is 7.09. The summed E-state index contributed by atoms with van der Waals surface area (Å²) in [6, 6.07) is 5.54. The lowest BCUT2D eigenvalue weighted by atomic mass is 9.99. The molecule has 3 amide bonds. The van der Waals surface area contributed by atoms with Crippen LogP contribution in [0.2, 0.25) is 0 Å². The minimum atomic E-state index is -0.484. The number of likely N-dealkylation sites (tertiary alicyclic amines) is 1. The van der Waals surface area contributed by atoms with Crippen LogP contribution in [0.5, 0.6) is 0 Å². The van der Waals surface area contributed by atoms with Gasteiger partial charge in [0.05, 0.1) is 12.2 Å². The third-order valence-corrected chi connectivity index (χ3v) is 5.98. The lowest BCUT2D eigenvalue weighted by molar-refractivity contribution is 0.0692. The fraction of sp³-hybridized carbons (Fsp3) is 0.476. The average Bonchev–Trinajstić information content (AvgIpc) is 3.16. The van der Waals surface area contributed by atoms with Crippen molar-refractivity contribution in [1.82, 2.24) is 14.8 Å². The summed E-state index contributed by atoms with van der Waals surface area (Å²) in [5.74, 6) is 0.117. The quantitative estimate of drug-likeness (QED) is 0.772. The van der Waals surface area contributed by atoms with E-state index >= 15 is 0 Å². The molecule has 2 aromatic rings. The van der Waals surface area contributed by atoms with Crippen LogP contribution in [-0.4, -0.2) is 45.9 Å². The van der Waals surface area contributed by atoms with Gasteiger partial charge in [0.1, 0.15) is 16.5 Å². The lowest BCUT2D eigenvalue weighted by Gasteiger charge is -2.29. The van der Waals surface area contributed by atoms with Gasteiger partial charge >= 0.3 is 6.03 Å². The van der Waals surface area contributed by atoms with Crippen molar-refractivity contribution in [2.24, 2.45) is 5.92 Å². The zero-order valence-corrected chi connectivity index (χ0v) is 17.8. The summed E-state index contributed by atoms with van der Waals surface area (Å²) in [6.45, 7) is 7.75. The van der Waals surface area contributed by atoms with Crippen LogP contribution in [0.1, 0.15) is 49.1 Å². The molecule has 1 fully saturated rings. The first-order chi connectivity index (χ1) is 13.8. The maximum Gasteiger partial charge on any atom is 0.322 e. The number of thiazole rings is 1. The van der Waals surface area contributed by atoms with Gasteiger partial charge in [0, 0.05) is 24.5 Å². The molecular weight excluding hydrogens is 391 g/mol. The highest BCUT2D eigenvalue weighted by atomic mass is 32.1. The Kier molecular flexibility index (Phi) is 6.84. The Morgan fingerprint density at radius 2 is 2.00 bits per heavy atom. The van der Waals surface area contributed by atoms with Gasteiger partial charge in [-0.2, -0.15) is 0 Å². The average molecular weight is 419 g/mol. The van der Waals surface area contributed by atoms with Gasteiger partial charge in [-0.25, -0.2) is 14.2 Å². The van der Waals surface area contributed by atoms with Crippen molar-refractivity contribution in [3.05, 3.63) is 46.2 Å². The number of para-hydroxylation sites is 1. The van der Waals surface area contributed by atoms with E-state index in [0.29, 0.717) is 16.6 Å². The van der Waals surface area contributed by atoms with Gasteiger partial charge in [0.25, 0.3) is 5.91 Å². The molecule has 1 aromatic carbocycles. The topological polar surface area (TPSA) is 65.5 Å². The minimum Gasteiger partial charge on any atom is -0.337 e. The van der Waals surface area contributed by atoms with Crippen molar-refractivity contribution in [1.29, 1.82) is 0 Å². The van der Waals surface area contributed by atoms with Crippen LogP contribution in [0.4, 0.5) is 14.9 Å². The van der Waals surface area contributed by atoms with Crippen molar-refractivity contribution in [3.63, 3.8) is 0 Å². The number of piperidine rings is 1. The fourth-order valence-corrected chi connectivity index (χ4v) is 4.01. The van der Waals surface area contributed by atoms with Crippen LogP contribution >= 0.6 is 11.3 Å². The van der Waals surface area contributed by atoms with Gasteiger partial charge in [0.2, 0.25) is 0 Å². The molecule has 0 bridgehead atoms. The molecule has 2 heterocycles. The Morgan fingerprint density at radius 3 is 2.66 bits per heavy atom. The Hall–Kier alpha value is -2.48. The van der Waals surface area contributed by atoms with Crippen molar-refractivity contribution >= 4 is 29.0 Å². The van der Waals surface area contributed by atoms with Gasteiger partial charge in [-0.15, -0.1) is 11.3 Å². The molecule has 0 spiro atoms. The molecule has 8 heteroatoms. The third-order valence-electron chi connectivity index (χ3n) is 5.15. The van der Waals surface area contributed by atoms with E-state index in [2.05, 4.69) is 17.2 Å². The molecule has 156 valence electrons. The van der Waals surface area contributed by atoms with Crippen molar-refractivity contribution in [2.45, 2.75) is 46.2 Å². The monoisotopic (exact) mass is 418 g/mol. The number of rotatable bonds is 5. The minimum absolute atomic E-state index is 0.0497.